The van der Waals surface area contributed by atoms with Crippen LogP contribution in [0.3, 0.4) is 0 Å². The quantitative estimate of drug-likeness (QED) is 0.639. The van der Waals surface area contributed by atoms with Gasteiger partial charge in [0.2, 0.25) is 17.6 Å². The van der Waals surface area contributed by atoms with Gasteiger partial charge in [-0.25, -0.2) is 0 Å². The van der Waals surface area contributed by atoms with Crippen molar-refractivity contribution in [1.29, 1.82) is 0 Å². The summed E-state index contributed by atoms with van der Waals surface area (Å²) in [7, 11) is 1.63. The Kier molecular flexibility index (Phi) is 6.44. The zero-order valence-corrected chi connectivity index (χ0v) is 15.7. The van der Waals surface area contributed by atoms with E-state index in [0.29, 0.717) is 35.3 Å². The predicted octanol–water partition coefficient (Wildman–Crippen LogP) is 3.69. The molecule has 140 valence electrons. The first-order valence-electron chi connectivity index (χ1n) is 8.63. The lowest BCUT2D eigenvalue weighted by atomic mass is 10.1. The lowest BCUT2D eigenvalue weighted by Crippen LogP contribution is -2.25. The maximum atomic E-state index is 12.0. The second-order valence-electron chi connectivity index (χ2n) is 5.94. The van der Waals surface area contributed by atoms with E-state index in [-0.39, 0.29) is 12.3 Å². The van der Waals surface area contributed by atoms with E-state index in [1.807, 2.05) is 42.5 Å². The van der Waals surface area contributed by atoms with E-state index in [2.05, 4.69) is 15.5 Å². The maximum absolute atomic E-state index is 12.0. The molecule has 3 rings (SSSR count). The van der Waals surface area contributed by atoms with Gasteiger partial charge < -0.3 is 14.6 Å². The van der Waals surface area contributed by atoms with Crippen LogP contribution in [0.4, 0.5) is 0 Å². The molecule has 0 aliphatic carbocycles. The summed E-state index contributed by atoms with van der Waals surface area (Å²) in [6, 6.07) is 15.1. The van der Waals surface area contributed by atoms with Gasteiger partial charge in [0.1, 0.15) is 5.75 Å². The fourth-order valence-corrected chi connectivity index (χ4v) is 2.81. The number of benzene rings is 2. The van der Waals surface area contributed by atoms with Crippen LogP contribution in [0.2, 0.25) is 5.02 Å². The molecule has 0 atom stereocenters. The molecule has 0 aliphatic rings. The smallest absolute Gasteiger partial charge is 0.227 e. The van der Waals surface area contributed by atoms with Crippen molar-refractivity contribution in [3.05, 3.63) is 65.0 Å². The number of ether oxygens (including phenoxy) is 1. The molecule has 0 saturated carbocycles. The van der Waals surface area contributed by atoms with Crippen LogP contribution in [0, 0.1) is 0 Å². The number of nitrogens with one attached hydrogen (secondary N) is 1. The van der Waals surface area contributed by atoms with E-state index >= 15 is 0 Å². The molecule has 27 heavy (non-hydrogen) atoms. The summed E-state index contributed by atoms with van der Waals surface area (Å²) in [5.74, 6) is 1.59. The third-order valence-electron chi connectivity index (χ3n) is 4.02. The van der Waals surface area contributed by atoms with E-state index in [9.17, 15) is 4.79 Å². The standard InChI is InChI=1S/C20H20ClN3O3/c1-26-15-6-4-5-14(13-15)11-12-22-18(25)9-10-19-23-20(24-27-19)16-7-2-3-8-17(16)21/h2-8,13H,9-12H2,1H3,(H,22,25). The van der Waals surface area contributed by atoms with Crippen molar-refractivity contribution in [2.45, 2.75) is 19.3 Å². The molecule has 1 N–H and O–H groups in total. The molecule has 0 saturated heterocycles. The van der Waals surface area contributed by atoms with Crippen molar-refractivity contribution in [3.8, 4) is 17.1 Å². The molecule has 0 fully saturated rings. The van der Waals surface area contributed by atoms with Crippen LogP contribution in [0.25, 0.3) is 11.4 Å². The second kappa shape index (κ2) is 9.19. The number of carbonyl (C=O) groups excluding carboxylic acids is 1. The molecule has 1 heterocycles. The predicted molar refractivity (Wildman–Crippen MR) is 103 cm³/mol. The molecule has 6 nitrogen and oxygen atoms in total. The van der Waals surface area contributed by atoms with Crippen molar-refractivity contribution in [1.82, 2.24) is 15.5 Å². The van der Waals surface area contributed by atoms with Gasteiger partial charge >= 0.3 is 0 Å². The lowest BCUT2D eigenvalue weighted by Gasteiger charge is -2.06. The third kappa shape index (κ3) is 5.31. The number of nitrogens with zero attached hydrogens (tertiary/aromatic N) is 2. The van der Waals surface area contributed by atoms with E-state index in [1.165, 1.54) is 0 Å². The first kappa shape index (κ1) is 18.9. The van der Waals surface area contributed by atoms with Crippen molar-refractivity contribution in [2.75, 3.05) is 13.7 Å². The van der Waals surface area contributed by atoms with Gasteiger partial charge in [-0.05, 0) is 36.2 Å². The van der Waals surface area contributed by atoms with Gasteiger partial charge in [-0.2, -0.15) is 4.98 Å². The van der Waals surface area contributed by atoms with E-state index < -0.39 is 0 Å². The highest BCUT2D eigenvalue weighted by Crippen LogP contribution is 2.25. The number of aryl methyl sites for hydroxylation is 1. The van der Waals surface area contributed by atoms with Gasteiger partial charge in [-0.3, -0.25) is 4.79 Å². The van der Waals surface area contributed by atoms with Gasteiger partial charge in [-0.15, -0.1) is 0 Å². The lowest BCUT2D eigenvalue weighted by molar-refractivity contribution is -0.121. The fourth-order valence-electron chi connectivity index (χ4n) is 2.59. The Balaban J connectivity index is 1.45. The molecule has 0 radical (unpaired) electrons. The Morgan fingerprint density at radius 3 is 2.85 bits per heavy atom. The van der Waals surface area contributed by atoms with Crippen molar-refractivity contribution >= 4 is 17.5 Å². The number of carbonyl (C=O) groups is 1. The zero-order chi connectivity index (χ0) is 19.1. The summed E-state index contributed by atoms with van der Waals surface area (Å²) in [5, 5.41) is 7.38. The molecule has 0 spiro atoms. The molecular weight excluding hydrogens is 366 g/mol. The zero-order valence-electron chi connectivity index (χ0n) is 14.9. The van der Waals surface area contributed by atoms with Gasteiger partial charge in [0.05, 0.1) is 12.1 Å². The summed E-state index contributed by atoms with van der Waals surface area (Å²) in [5.41, 5.74) is 1.81. The van der Waals surface area contributed by atoms with Gasteiger partial charge in [0.15, 0.2) is 0 Å². The highest BCUT2D eigenvalue weighted by Gasteiger charge is 2.12. The number of hydrogen-bond acceptors (Lipinski definition) is 5. The first-order valence-corrected chi connectivity index (χ1v) is 9.00. The molecule has 0 unspecified atom stereocenters. The van der Waals surface area contributed by atoms with Crippen LogP contribution in [0.15, 0.2) is 53.1 Å². The SMILES string of the molecule is COc1cccc(CCNC(=O)CCc2nc(-c3ccccc3Cl)no2)c1. The Morgan fingerprint density at radius 1 is 1.19 bits per heavy atom. The number of halogens is 1. The van der Waals surface area contributed by atoms with Crippen LogP contribution >= 0.6 is 11.6 Å². The van der Waals surface area contributed by atoms with E-state index in [1.54, 1.807) is 13.2 Å². The third-order valence-corrected chi connectivity index (χ3v) is 4.35. The minimum Gasteiger partial charge on any atom is -0.497 e. The molecular formula is C20H20ClN3O3. The number of rotatable bonds is 8. The largest absolute Gasteiger partial charge is 0.497 e. The van der Waals surface area contributed by atoms with Gasteiger partial charge in [-0.1, -0.05) is 41.0 Å². The summed E-state index contributed by atoms with van der Waals surface area (Å²) in [4.78, 5) is 16.3. The Labute approximate surface area is 162 Å². The molecule has 3 aromatic rings. The highest BCUT2D eigenvalue weighted by atomic mass is 35.5. The number of methoxy groups -OCH3 is 1. The average Bonchev–Trinajstić information content (AvgIpc) is 3.16. The van der Waals surface area contributed by atoms with Gasteiger partial charge in [0.25, 0.3) is 0 Å². The number of aromatic nitrogens is 2. The second-order valence-corrected chi connectivity index (χ2v) is 6.35. The summed E-state index contributed by atoms with van der Waals surface area (Å²) >= 11 is 6.13. The van der Waals surface area contributed by atoms with Crippen LogP contribution < -0.4 is 10.1 Å². The fraction of sp³-hybridized carbons (Fsp3) is 0.250. The Bertz CT molecular complexity index is 911. The molecule has 1 aromatic heterocycles. The summed E-state index contributed by atoms with van der Waals surface area (Å²) in [6.07, 6.45) is 1.39. The monoisotopic (exact) mass is 385 g/mol. The number of hydrogen-bond donors (Lipinski definition) is 1. The van der Waals surface area contributed by atoms with Crippen LogP contribution in [0.5, 0.6) is 5.75 Å². The summed E-state index contributed by atoms with van der Waals surface area (Å²) in [6.45, 7) is 0.556. The molecule has 0 aliphatic heterocycles. The van der Waals surface area contributed by atoms with Crippen LogP contribution in [-0.2, 0) is 17.6 Å². The van der Waals surface area contributed by atoms with E-state index in [0.717, 1.165) is 17.7 Å². The van der Waals surface area contributed by atoms with Gasteiger partial charge in [0, 0.05) is 24.9 Å². The topological polar surface area (TPSA) is 77.2 Å². The minimum absolute atomic E-state index is 0.0598. The molecule has 1 amide bonds. The minimum atomic E-state index is -0.0598. The Hall–Kier alpha value is -2.86. The van der Waals surface area contributed by atoms with Crippen LogP contribution in [-0.4, -0.2) is 29.7 Å². The molecule has 2 aromatic carbocycles. The Morgan fingerprint density at radius 2 is 2.04 bits per heavy atom. The normalized spacial score (nSPS) is 10.6. The number of amides is 1. The average molecular weight is 386 g/mol. The van der Waals surface area contributed by atoms with Crippen molar-refractivity contribution in [3.63, 3.8) is 0 Å². The molecule has 7 heteroatoms. The summed E-state index contributed by atoms with van der Waals surface area (Å²) < 4.78 is 10.4. The molecule has 0 bridgehead atoms. The maximum Gasteiger partial charge on any atom is 0.227 e. The highest BCUT2D eigenvalue weighted by molar-refractivity contribution is 6.33. The van der Waals surface area contributed by atoms with E-state index in [4.69, 9.17) is 20.9 Å². The first-order chi connectivity index (χ1) is 13.2. The van der Waals surface area contributed by atoms with Crippen LogP contribution in [0.1, 0.15) is 17.9 Å². The van der Waals surface area contributed by atoms with Crippen molar-refractivity contribution in [2.24, 2.45) is 0 Å². The van der Waals surface area contributed by atoms with Crippen molar-refractivity contribution < 1.29 is 14.1 Å².